The zero-order valence-corrected chi connectivity index (χ0v) is 14.4. The number of para-hydroxylation sites is 2. The van der Waals surface area contributed by atoms with Crippen LogP contribution < -0.4 is 18.9 Å². The number of ketones is 1. The highest BCUT2D eigenvalue weighted by molar-refractivity contribution is 5.98. The highest BCUT2D eigenvalue weighted by atomic mass is 16.6. The monoisotopic (exact) mass is 358 g/mol. The fourth-order valence-corrected chi connectivity index (χ4v) is 2.46. The summed E-state index contributed by atoms with van der Waals surface area (Å²) in [5.74, 6) is 0.937. The topological polar surface area (TPSA) is 80.3 Å². The molecule has 1 aliphatic rings. The number of ether oxygens (including phenoxy) is 5. The van der Waals surface area contributed by atoms with E-state index in [0.717, 1.165) is 0 Å². The largest absolute Gasteiger partial charge is 0.493 e. The van der Waals surface area contributed by atoms with Crippen molar-refractivity contribution < 1.29 is 33.3 Å². The van der Waals surface area contributed by atoms with Crippen molar-refractivity contribution in [1.82, 2.24) is 0 Å². The second-order valence-corrected chi connectivity index (χ2v) is 5.46. The van der Waals surface area contributed by atoms with E-state index >= 15 is 0 Å². The number of rotatable bonds is 6. The van der Waals surface area contributed by atoms with Gasteiger partial charge in [0.1, 0.15) is 6.61 Å². The molecule has 3 rings (SSSR count). The maximum atomic E-state index is 12.3. The van der Waals surface area contributed by atoms with E-state index in [0.29, 0.717) is 28.6 Å². The zero-order chi connectivity index (χ0) is 18.5. The number of benzene rings is 2. The average Bonchev–Trinajstić information content (AvgIpc) is 2.70. The van der Waals surface area contributed by atoms with Gasteiger partial charge in [0.15, 0.2) is 35.4 Å². The van der Waals surface area contributed by atoms with Gasteiger partial charge in [-0.2, -0.15) is 0 Å². The Kier molecular flexibility index (Phi) is 5.26. The zero-order valence-electron chi connectivity index (χ0n) is 14.4. The second kappa shape index (κ2) is 7.77. The molecule has 0 saturated carbocycles. The summed E-state index contributed by atoms with van der Waals surface area (Å²) in [6.45, 7) is -0.379. The van der Waals surface area contributed by atoms with Gasteiger partial charge >= 0.3 is 5.97 Å². The number of hydrogen-bond acceptors (Lipinski definition) is 7. The number of esters is 1. The summed E-state index contributed by atoms with van der Waals surface area (Å²) in [5.41, 5.74) is 0.349. The predicted molar refractivity (Wildman–Crippen MR) is 91.2 cm³/mol. The summed E-state index contributed by atoms with van der Waals surface area (Å²) in [6.07, 6.45) is -0.914. The molecule has 0 saturated heterocycles. The summed E-state index contributed by atoms with van der Waals surface area (Å²) in [6, 6.07) is 11.8. The van der Waals surface area contributed by atoms with E-state index in [1.165, 1.54) is 20.3 Å². The average molecular weight is 358 g/mol. The van der Waals surface area contributed by atoms with Crippen molar-refractivity contribution in [2.24, 2.45) is 0 Å². The minimum Gasteiger partial charge on any atom is -0.493 e. The third-order valence-electron chi connectivity index (χ3n) is 3.82. The molecule has 0 radical (unpaired) electrons. The molecule has 0 bridgehead atoms. The molecule has 0 spiro atoms. The van der Waals surface area contributed by atoms with Crippen molar-refractivity contribution in [3.8, 4) is 23.0 Å². The molecule has 26 heavy (non-hydrogen) atoms. The third kappa shape index (κ3) is 3.72. The molecule has 0 amide bonds. The molecule has 1 atom stereocenters. The Bertz CT molecular complexity index is 815. The molecule has 2 aromatic carbocycles. The van der Waals surface area contributed by atoms with E-state index in [1.54, 1.807) is 30.3 Å². The highest BCUT2D eigenvalue weighted by Crippen LogP contribution is 2.31. The summed E-state index contributed by atoms with van der Waals surface area (Å²) in [4.78, 5) is 24.4. The van der Waals surface area contributed by atoms with Gasteiger partial charge in [0.25, 0.3) is 0 Å². The summed E-state index contributed by atoms with van der Waals surface area (Å²) >= 11 is 0. The Hall–Kier alpha value is -3.22. The molecule has 7 nitrogen and oxygen atoms in total. The smallest absolute Gasteiger partial charge is 0.351 e. The van der Waals surface area contributed by atoms with Crippen molar-refractivity contribution in [2.75, 3.05) is 27.4 Å². The van der Waals surface area contributed by atoms with Crippen molar-refractivity contribution in [1.29, 1.82) is 0 Å². The summed E-state index contributed by atoms with van der Waals surface area (Å²) in [7, 11) is 2.98. The van der Waals surface area contributed by atoms with Gasteiger partial charge in [-0.1, -0.05) is 12.1 Å². The lowest BCUT2D eigenvalue weighted by Crippen LogP contribution is -2.38. The van der Waals surface area contributed by atoms with Gasteiger partial charge in [0.2, 0.25) is 6.10 Å². The first kappa shape index (κ1) is 17.6. The van der Waals surface area contributed by atoms with Crippen LogP contribution in [0.3, 0.4) is 0 Å². The van der Waals surface area contributed by atoms with Crippen molar-refractivity contribution in [3.05, 3.63) is 48.0 Å². The molecule has 2 aromatic rings. The lowest BCUT2D eigenvalue weighted by atomic mass is 10.1. The molecule has 0 fully saturated rings. The SMILES string of the molecule is COc1ccc(C(=O)COC(=O)C2COc3ccccc3O2)cc1OC. The standard InChI is InChI=1S/C19H18O7/c1-22-14-8-7-12(9-17(14)23-2)13(20)10-25-19(21)18-11-24-15-5-3-4-6-16(15)26-18/h3-9,18H,10-11H2,1-2H3. The van der Waals surface area contributed by atoms with Crippen LogP contribution in [-0.2, 0) is 9.53 Å². The third-order valence-corrected chi connectivity index (χ3v) is 3.82. The number of carbonyl (C=O) groups excluding carboxylic acids is 2. The fourth-order valence-electron chi connectivity index (χ4n) is 2.46. The molecule has 0 aromatic heterocycles. The maximum absolute atomic E-state index is 12.3. The van der Waals surface area contributed by atoms with Crippen LogP contribution in [0.4, 0.5) is 0 Å². The van der Waals surface area contributed by atoms with Gasteiger partial charge in [-0.25, -0.2) is 4.79 Å². The van der Waals surface area contributed by atoms with Gasteiger partial charge in [0, 0.05) is 5.56 Å². The van der Waals surface area contributed by atoms with Crippen molar-refractivity contribution >= 4 is 11.8 Å². The van der Waals surface area contributed by atoms with Crippen LogP contribution in [0.5, 0.6) is 23.0 Å². The minimum atomic E-state index is -0.914. The van der Waals surface area contributed by atoms with Crippen LogP contribution in [0.1, 0.15) is 10.4 Å². The number of Topliss-reactive ketones (excluding diaryl/α,β-unsaturated/α-hetero) is 1. The molecule has 0 N–H and O–H groups in total. The van der Waals surface area contributed by atoms with Crippen molar-refractivity contribution in [2.45, 2.75) is 6.10 Å². The van der Waals surface area contributed by atoms with E-state index in [2.05, 4.69) is 0 Å². The molecule has 1 aliphatic heterocycles. The van der Waals surface area contributed by atoms with E-state index in [-0.39, 0.29) is 12.4 Å². The molecule has 7 heteroatoms. The fraction of sp³-hybridized carbons (Fsp3) is 0.263. The van der Waals surface area contributed by atoms with E-state index in [1.807, 2.05) is 6.07 Å². The minimum absolute atomic E-state index is 0.0282. The maximum Gasteiger partial charge on any atom is 0.351 e. The molecule has 1 unspecified atom stereocenters. The lowest BCUT2D eigenvalue weighted by molar-refractivity contribution is -0.153. The summed E-state index contributed by atoms with van der Waals surface area (Å²) in [5, 5.41) is 0. The van der Waals surface area contributed by atoms with Crippen LogP contribution in [-0.4, -0.2) is 45.3 Å². The van der Waals surface area contributed by atoms with Gasteiger partial charge in [0.05, 0.1) is 14.2 Å². The Morgan fingerprint density at radius 1 is 1.04 bits per heavy atom. The summed E-state index contributed by atoms with van der Waals surface area (Å²) < 4.78 is 26.4. The molecule has 1 heterocycles. The Morgan fingerprint density at radius 3 is 2.50 bits per heavy atom. The van der Waals surface area contributed by atoms with Crippen molar-refractivity contribution in [3.63, 3.8) is 0 Å². The second-order valence-electron chi connectivity index (χ2n) is 5.46. The van der Waals surface area contributed by atoms with E-state index < -0.39 is 18.7 Å². The quantitative estimate of drug-likeness (QED) is 0.579. The predicted octanol–water partition coefficient (Wildman–Crippen LogP) is 2.27. The van der Waals surface area contributed by atoms with Gasteiger partial charge in [-0.05, 0) is 30.3 Å². The number of carbonyl (C=O) groups is 2. The Labute approximate surface area is 150 Å². The van der Waals surface area contributed by atoms with Gasteiger partial charge in [-0.15, -0.1) is 0 Å². The first-order valence-electron chi connectivity index (χ1n) is 7.92. The molecular weight excluding hydrogens is 340 g/mol. The van der Waals surface area contributed by atoms with E-state index in [9.17, 15) is 9.59 Å². The first-order valence-corrected chi connectivity index (χ1v) is 7.92. The lowest BCUT2D eigenvalue weighted by Gasteiger charge is -2.24. The Balaban J connectivity index is 1.59. The normalized spacial score (nSPS) is 15.1. The van der Waals surface area contributed by atoms with Crippen LogP contribution in [0, 0.1) is 0 Å². The number of methoxy groups -OCH3 is 2. The molecular formula is C19H18O7. The first-order chi connectivity index (χ1) is 12.6. The number of hydrogen-bond donors (Lipinski definition) is 0. The van der Waals surface area contributed by atoms with E-state index in [4.69, 9.17) is 23.7 Å². The van der Waals surface area contributed by atoms with Crippen LogP contribution >= 0.6 is 0 Å². The van der Waals surface area contributed by atoms with Gasteiger partial charge < -0.3 is 23.7 Å². The molecule has 0 aliphatic carbocycles. The van der Waals surface area contributed by atoms with Crippen LogP contribution in [0.15, 0.2) is 42.5 Å². The van der Waals surface area contributed by atoms with Crippen LogP contribution in [0.2, 0.25) is 0 Å². The van der Waals surface area contributed by atoms with Crippen LogP contribution in [0.25, 0.3) is 0 Å². The highest BCUT2D eigenvalue weighted by Gasteiger charge is 2.29. The Morgan fingerprint density at radius 2 is 1.77 bits per heavy atom. The van der Waals surface area contributed by atoms with Gasteiger partial charge in [-0.3, -0.25) is 4.79 Å². The number of fused-ring (bicyclic) bond motifs is 1. The molecule has 136 valence electrons.